The largest absolute Gasteiger partial charge is 0.465 e. The van der Waals surface area contributed by atoms with Crippen LogP contribution in [0.25, 0.3) is 0 Å². The normalized spacial score (nSPS) is 28.8. The summed E-state index contributed by atoms with van der Waals surface area (Å²) >= 11 is 0. The van der Waals surface area contributed by atoms with Crippen LogP contribution in [0.15, 0.2) is 0 Å². The number of hydrogen-bond donors (Lipinski definition) is 1. The van der Waals surface area contributed by atoms with E-state index in [1.54, 1.807) is 0 Å². The van der Waals surface area contributed by atoms with Gasteiger partial charge in [-0.05, 0) is 46.0 Å². The lowest BCUT2D eigenvalue weighted by Crippen LogP contribution is -2.50. The minimum absolute atomic E-state index is 0.272. The van der Waals surface area contributed by atoms with Gasteiger partial charge in [-0.25, -0.2) is 0 Å². The van der Waals surface area contributed by atoms with E-state index >= 15 is 0 Å². The van der Waals surface area contributed by atoms with Gasteiger partial charge in [0.15, 0.2) is 0 Å². The number of esters is 1. The summed E-state index contributed by atoms with van der Waals surface area (Å²) in [6, 6.07) is 0. The monoisotopic (exact) mass is 270 g/mol. The highest BCUT2D eigenvalue weighted by atomic mass is 16.5. The van der Waals surface area contributed by atoms with Crippen molar-refractivity contribution in [1.82, 2.24) is 0 Å². The molecule has 0 saturated heterocycles. The zero-order valence-electron chi connectivity index (χ0n) is 13.0. The predicted octanol–water partition coefficient (Wildman–Crippen LogP) is 3.69. The Morgan fingerprint density at radius 2 is 2.00 bits per heavy atom. The van der Waals surface area contributed by atoms with E-state index in [2.05, 4.69) is 6.92 Å². The predicted molar refractivity (Wildman–Crippen MR) is 76.8 cm³/mol. The van der Waals surface area contributed by atoms with Gasteiger partial charge >= 0.3 is 5.97 Å². The zero-order chi connectivity index (χ0) is 14.5. The highest BCUT2D eigenvalue weighted by molar-refractivity contribution is 5.77. The van der Waals surface area contributed by atoms with Gasteiger partial charge in [-0.1, -0.05) is 32.6 Å². The van der Waals surface area contributed by atoms with Gasteiger partial charge in [0.05, 0.1) is 17.6 Å². The molecular weight excluding hydrogens is 240 g/mol. The molecule has 0 aromatic rings. The lowest BCUT2D eigenvalue weighted by atomic mass is 9.70. The molecule has 1 rings (SSSR count). The van der Waals surface area contributed by atoms with Gasteiger partial charge in [0.1, 0.15) is 0 Å². The van der Waals surface area contributed by atoms with Gasteiger partial charge in [-0.3, -0.25) is 4.79 Å². The Balaban J connectivity index is 2.76. The van der Waals surface area contributed by atoms with Gasteiger partial charge in [0.25, 0.3) is 0 Å². The maximum atomic E-state index is 12.1. The molecule has 1 fully saturated rings. The maximum absolute atomic E-state index is 12.1. The average Bonchev–Trinajstić information content (AvgIpc) is 2.54. The van der Waals surface area contributed by atoms with E-state index in [9.17, 15) is 9.90 Å². The molecule has 1 aliphatic carbocycles. The van der Waals surface area contributed by atoms with Crippen LogP contribution in [-0.2, 0) is 9.53 Å². The van der Waals surface area contributed by atoms with Gasteiger partial charge in [-0.2, -0.15) is 0 Å². The number of aliphatic hydroxyl groups is 1. The maximum Gasteiger partial charge on any atom is 0.314 e. The molecule has 2 atom stereocenters. The summed E-state index contributed by atoms with van der Waals surface area (Å²) in [5.41, 5.74) is -1.73. The summed E-state index contributed by atoms with van der Waals surface area (Å²) in [5.74, 6) is 0.434. The molecule has 1 saturated carbocycles. The minimum Gasteiger partial charge on any atom is -0.465 e. The first-order valence-corrected chi connectivity index (χ1v) is 7.77. The van der Waals surface area contributed by atoms with E-state index in [1.807, 2.05) is 20.8 Å². The van der Waals surface area contributed by atoms with Gasteiger partial charge < -0.3 is 9.84 Å². The van der Waals surface area contributed by atoms with Crippen molar-refractivity contribution in [1.29, 1.82) is 0 Å². The van der Waals surface area contributed by atoms with E-state index in [0.717, 1.165) is 12.8 Å². The van der Waals surface area contributed by atoms with Gasteiger partial charge in [0, 0.05) is 0 Å². The van der Waals surface area contributed by atoms with Crippen LogP contribution in [0.4, 0.5) is 0 Å². The van der Waals surface area contributed by atoms with Crippen LogP contribution in [0.2, 0.25) is 0 Å². The molecule has 0 bridgehead atoms. The topological polar surface area (TPSA) is 46.5 Å². The smallest absolute Gasteiger partial charge is 0.314 e. The first-order chi connectivity index (χ1) is 8.87. The minimum atomic E-state index is -0.915. The molecule has 0 aliphatic heterocycles. The number of carbonyl (C=O) groups is 1. The van der Waals surface area contributed by atoms with E-state index in [4.69, 9.17) is 4.74 Å². The molecule has 2 unspecified atom stereocenters. The Bertz CT molecular complexity index is 298. The standard InChI is InChI=1S/C16H30O3/c1-5-8-13-9-7-11-16(18,12-10-13)15(3,4)14(17)19-6-2/h13,18H,5-12H2,1-4H3. The number of ether oxygens (including phenoxy) is 1. The molecule has 3 nitrogen and oxygen atoms in total. The third-order valence-corrected chi connectivity index (χ3v) is 4.81. The summed E-state index contributed by atoms with van der Waals surface area (Å²) in [4.78, 5) is 12.1. The lowest BCUT2D eigenvalue weighted by Gasteiger charge is -2.40. The quantitative estimate of drug-likeness (QED) is 0.612. The van der Waals surface area contributed by atoms with Crippen molar-refractivity contribution in [3.05, 3.63) is 0 Å². The molecule has 0 aromatic heterocycles. The Morgan fingerprint density at radius 3 is 2.58 bits per heavy atom. The molecular formula is C16H30O3. The fourth-order valence-electron chi connectivity index (χ4n) is 3.22. The molecule has 0 radical (unpaired) electrons. The first-order valence-electron chi connectivity index (χ1n) is 7.77. The van der Waals surface area contributed by atoms with Crippen LogP contribution in [-0.4, -0.2) is 23.3 Å². The third-order valence-electron chi connectivity index (χ3n) is 4.81. The Morgan fingerprint density at radius 1 is 1.32 bits per heavy atom. The molecule has 0 aromatic carbocycles. The van der Waals surface area contributed by atoms with Crippen molar-refractivity contribution in [2.45, 2.75) is 78.2 Å². The Labute approximate surface area is 117 Å². The second-order valence-electron chi connectivity index (χ2n) is 6.46. The Hall–Kier alpha value is -0.570. The summed E-state index contributed by atoms with van der Waals surface area (Å²) < 4.78 is 5.14. The SMILES string of the molecule is CCCC1CCCC(O)(C(C)(C)C(=O)OCC)CC1. The second kappa shape index (κ2) is 6.74. The van der Waals surface area contributed by atoms with E-state index in [0.29, 0.717) is 25.4 Å². The van der Waals surface area contributed by atoms with Crippen LogP contribution in [0.5, 0.6) is 0 Å². The van der Waals surface area contributed by atoms with Crippen molar-refractivity contribution in [2.24, 2.45) is 11.3 Å². The summed E-state index contributed by atoms with van der Waals surface area (Å²) in [7, 11) is 0. The third kappa shape index (κ3) is 3.71. The highest BCUT2D eigenvalue weighted by Crippen LogP contribution is 2.43. The van der Waals surface area contributed by atoms with E-state index in [-0.39, 0.29) is 5.97 Å². The average molecular weight is 270 g/mol. The molecule has 19 heavy (non-hydrogen) atoms. The van der Waals surface area contributed by atoms with Crippen LogP contribution in [0, 0.1) is 11.3 Å². The molecule has 1 N–H and O–H groups in total. The lowest BCUT2D eigenvalue weighted by molar-refractivity contribution is -0.172. The van der Waals surface area contributed by atoms with Crippen molar-refractivity contribution >= 4 is 5.97 Å². The van der Waals surface area contributed by atoms with E-state index < -0.39 is 11.0 Å². The van der Waals surface area contributed by atoms with Gasteiger partial charge in [0.2, 0.25) is 0 Å². The van der Waals surface area contributed by atoms with Crippen LogP contribution in [0.3, 0.4) is 0 Å². The summed E-state index contributed by atoms with van der Waals surface area (Å²) in [5, 5.41) is 11.0. The summed E-state index contributed by atoms with van der Waals surface area (Å²) in [6.07, 6.45) is 7.05. The molecule has 0 amide bonds. The first kappa shape index (κ1) is 16.5. The fourth-order valence-corrected chi connectivity index (χ4v) is 3.22. The highest BCUT2D eigenvalue weighted by Gasteiger charge is 2.50. The fraction of sp³-hybridized carbons (Fsp3) is 0.938. The number of rotatable bonds is 5. The van der Waals surface area contributed by atoms with Crippen molar-refractivity contribution < 1.29 is 14.6 Å². The summed E-state index contributed by atoms with van der Waals surface area (Å²) in [6.45, 7) is 8.04. The Kier molecular flexibility index (Phi) is 5.84. The molecule has 112 valence electrons. The van der Waals surface area contributed by atoms with Crippen LogP contribution < -0.4 is 0 Å². The van der Waals surface area contributed by atoms with Crippen LogP contribution >= 0.6 is 0 Å². The van der Waals surface area contributed by atoms with Crippen molar-refractivity contribution in [3.8, 4) is 0 Å². The molecule has 1 aliphatic rings. The van der Waals surface area contributed by atoms with Crippen LogP contribution in [0.1, 0.15) is 72.6 Å². The van der Waals surface area contributed by atoms with E-state index in [1.165, 1.54) is 19.3 Å². The zero-order valence-corrected chi connectivity index (χ0v) is 13.0. The number of hydrogen-bond acceptors (Lipinski definition) is 3. The number of carbonyl (C=O) groups excluding carboxylic acids is 1. The molecule has 3 heteroatoms. The van der Waals surface area contributed by atoms with Crippen molar-refractivity contribution in [2.75, 3.05) is 6.61 Å². The second-order valence-corrected chi connectivity index (χ2v) is 6.46. The molecule has 0 heterocycles. The van der Waals surface area contributed by atoms with Crippen molar-refractivity contribution in [3.63, 3.8) is 0 Å². The molecule has 0 spiro atoms. The van der Waals surface area contributed by atoms with Gasteiger partial charge in [-0.15, -0.1) is 0 Å².